The minimum Gasteiger partial charge on any atom is -0.419 e. The summed E-state index contributed by atoms with van der Waals surface area (Å²) < 4.78 is 34.1. The Balaban J connectivity index is 1.67. The third-order valence-electron chi connectivity index (χ3n) is 5.42. The van der Waals surface area contributed by atoms with Gasteiger partial charge < -0.3 is 9.64 Å². The van der Waals surface area contributed by atoms with Gasteiger partial charge in [-0.3, -0.25) is 4.18 Å². The summed E-state index contributed by atoms with van der Waals surface area (Å²) in [6.45, 7) is 3.52. The number of nitrogens with zero attached hydrogens (tertiary/aromatic N) is 4. The molecule has 0 N–H and O–H groups in total. The van der Waals surface area contributed by atoms with Crippen molar-refractivity contribution in [2.75, 3.05) is 24.2 Å². The van der Waals surface area contributed by atoms with Gasteiger partial charge in [0.05, 0.1) is 31.0 Å². The summed E-state index contributed by atoms with van der Waals surface area (Å²) in [5.74, 6) is 1.33. The number of pyridine rings is 1. The van der Waals surface area contributed by atoms with E-state index in [0.29, 0.717) is 32.4 Å². The van der Waals surface area contributed by atoms with Crippen LogP contribution in [-0.4, -0.2) is 42.7 Å². The number of hydrogen-bond acceptors (Lipinski definition) is 8. The molecule has 0 saturated carbocycles. The second-order valence-corrected chi connectivity index (χ2v) is 10.6. The van der Waals surface area contributed by atoms with Crippen LogP contribution in [-0.2, 0) is 20.9 Å². The van der Waals surface area contributed by atoms with E-state index in [1.807, 2.05) is 0 Å². The van der Waals surface area contributed by atoms with Crippen LogP contribution in [0.5, 0.6) is 11.8 Å². The first kappa shape index (κ1) is 24.7. The van der Waals surface area contributed by atoms with Gasteiger partial charge in [0.1, 0.15) is 5.82 Å². The number of piperidine rings is 1. The van der Waals surface area contributed by atoms with Gasteiger partial charge in [-0.1, -0.05) is 23.2 Å². The molecule has 0 bridgehead atoms. The van der Waals surface area contributed by atoms with E-state index in [4.69, 9.17) is 32.1 Å². The van der Waals surface area contributed by atoms with E-state index in [2.05, 4.69) is 19.9 Å². The maximum absolute atomic E-state index is 11.6. The summed E-state index contributed by atoms with van der Waals surface area (Å²) in [7, 11) is -3.65. The van der Waals surface area contributed by atoms with Gasteiger partial charge in [-0.15, -0.1) is 0 Å². The minimum atomic E-state index is -3.65. The van der Waals surface area contributed by atoms with Crippen LogP contribution < -0.4 is 9.64 Å². The summed E-state index contributed by atoms with van der Waals surface area (Å²) in [6.07, 6.45) is 7.75. The van der Waals surface area contributed by atoms with E-state index in [0.717, 1.165) is 38.0 Å². The minimum absolute atomic E-state index is 0.176. The molecule has 1 saturated heterocycles. The highest BCUT2D eigenvalue weighted by atomic mass is 35.5. The van der Waals surface area contributed by atoms with Crippen molar-refractivity contribution < 1.29 is 17.3 Å². The number of benzene rings is 1. The normalized spacial score (nSPS) is 14.3. The predicted molar refractivity (Wildman–Crippen MR) is 132 cm³/mol. The van der Waals surface area contributed by atoms with Crippen molar-refractivity contribution in [1.82, 2.24) is 15.0 Å². The summed E-state index contributed by atoms with van der Waals surface area (Å²) >= 11 is 12.3. The molecule has 8 nitrogen and oxygen atoms in total. The Kier molecular flexibility index (Phi) is 7.57. The van der Waals surface area contributed by atoms with Crippen LogP contribution in [0.2, 0.25) is 10.0 Å². The summed E-state index contributed by atoms with van der Waals surface area (Å²) in [4.78, 5) is 15.7. The molecular weight excluding hydrogens is 499 g/mol. The molecule has 180 valence electrons. The average molecular weight is 523 g/mol. The molecule has 2 aromatic heterocycles. The summed E-state index contributed by atoms with van der Waals surface area (Å²) in [5.41, 5.74) is 2.34. The largest absolute Gasteiger partial charge is 0.419 e. The standard InChI is InChI=1S/C23H24Cl2N4O4S/c1-15-17(14-32-34(2,30)31)10-20(16-8-18(24)11-19(25)9-16)28-23(15)33-22-13-26-21(12-27-22)29-6-4-3-5-7-29/h8-13H,3-7,14H2,1-2H3. The molecule has 11 heteroatoms. The number of anilines is 1. The van der Waals surface area contributed by atoms with Crippen molar-refractivity contribution in [1.29, 1.82) is 0 Å². The SMILES string of the molecule is Cc1c(COS(C)(=O)=O)cc(-c2cc(Cl)cc(Cl)c2)nc1Oc1cnc(N2CCCCC2)cn1. The fourth-order valence-corrected chi connectivity index (χ4v) is 4.52. The lowest BCUT2D eigenvalue weighted by atomic mass is 10.1. The molecule has 0 aliphatic carbocycles. The van der Waals surface area contributed by atoms with E-state index in [9.17, 15) is 8.42 Å². The lowest BCUT2D eigenvalue weighted by molar-refractivity contribution is 0.309. The maximum Gasteiger partial charge on any atom is 0.264 e. The molecule has 3 aromatic rings. The molecule has 0 amide bonds. The third kappa shape index (κ3) is 6.35. The average Bonchev–Trinajstić information content (AvgIpc) is 2.79. The second-order valence-electron chi connectivity index (χ2n) is 8.08. The van der Waals surface area contributed by atoms with Crippen molar-refractivity contribution in [3.05, 3.63) is 57.8 Å². The lowest BCUT2D eigenvalue weighted by Gasteiger charge is -2.27. The van der Waals surface area contributed by atoms with Crippen molar-refractivity contribution in [2.45, 2.75) is 32.8 Å². The number of halogens is 2. The van der Waals surface area contributed by atoms with Crippen molar-refractivity contribution in [3.8, 4) is 23.0 Å². The van der Waals surface area contributed by atoms with Gasteiger partial charge in [-0.05, 0) is 56.0 Å². The predicted octanol–water partition coefficient (Wildman–Crippen LogP) is 5.41. The van der Waals surface area contributed by atoms with E-state index < -0.39 is 10.1 Å². The number of hydrogen-bond donors (Lipinski definition) is 0. The molecule has 3 heterocycles. The zero-order chi connectivity index (χ0) is 24.3. The van der Waals surface area contributed by atoms with Crippen LogP contribution in [0.15, 0.2) is 36.7 Å². The fourth-order valence-electron chi connectivity index (χ4n) is 3.65. The van der Waals surface area contributed by atoms with Crippen molar-refractivity contribution >= 4 is 39.1 Å². The monoisotopic (exact) mass is 522 g/mol. The zero-order valence-corrected chi connectivity index (χ0v) is 21.1. The Morgan fingerprint density at radius 1 is 1.00 bits per heavy atom. The molecule has 1 aliphatic rings. The lowest BCUT2D eigenvalue weighted by Crippen LogP contribution is -2.30. The molecule has 1 fully saturated rings. The highest BCUT2D eigenvalue weighted by Crippen LogP contribution is 2.32. The van der Waals surface area contributed by atoms with Gasteiger partial charge in [0.15, 0.2) is 0 Å². The number of ether oxygens (including phenoxy) is 1. The first-order valence-corrected chi connectivity index (χ1v) is 13.3. The summed E-state index contributed by atoms with van der Waals surface area (Å²) in [6, 6.07) is 6.76. The van der Waals surface area contributed by atoms with E-state index >= 15 is 0 Å². The molecule has 1 aliphatic heterocycles. The molecule has 0 unspecified atom stereocenters. The first-order chi connectivity index (χ1) is 16.2. The van der Waals surface area contributed by atoms with E-state index in [1.165, 1.54) is 6.42 Å². The fraction of sp³-hybridized carbons (Fsp3) is 0.348. The number of rotatable bonds is 7. The Morgan fingerprint density at radius 2 is 1.71 bits per heavy atom. The van der Waals surface area contributed by atoms with Gasteiger partial charge in [0.2, 0.25) is 11.8 Å². The van der Waals surface area contributed by atoms with Gasteiger partial charge in [0.25, 0.3) is 10.1 Å². The Bertz CT molecular complexity index is 1260. The maximum atomic E-state index is 11.6. The molecule has 34 heavy (non-hydrogen) atoms. The van der Waals surface area contributed by atoms with Gasteiger partial charge in [-0.2, -0.15) is 8.42 Å². The van der Waals surface area contributed by atoms with E-state index in [1.54, 1.807) is 43.6 Å². The highest BCUT2D eigenvalue weighted by molar-refractivity contribution is 7.85. The van der Waals surface area contributed by atoms with Gasteiger partial charge >= 0.3 is 0 Å². The van der Waals surface area contributed by atoms with Crippen LogP contribution in [0.4, 0.5) is 5.82 Å². The molecule has 0 atom stereocenters. The highest BCUT2D eigenvalue weighted by Gasteiger charge is 2.17. The Morgan fingerprint density at radius 3 is 2.32 bits per heavy atom. The second kappa shape index (κ2) is 10.4. The van der Waals surface area contributed by atoms with Gasteiger partial charge in [0, 0.05) is 34.3 Å². The van der Waals surface area contributed by atoms with Crippen molar-refractivity contribution in [2.24, 2.45) is 0 Å². The quantitative estimate of drug-likeness (QED) is 0.380. The van der Waals surface area contributed by atoms with Crippen LogP contribution in [0.3, 0.4) is 0 Å². The Hall–Kier alpha value is -2.46. The van der Waals surface area contributed by atoms with E-state index in [-0.39, 0.29) is 18.4 Å². The topological polar surface area (TPSA) is 94.5 Å². The molecular formula is C23H24Cl2N4O4S. The number of aromatic nitrogens is 3. The Labute approximate surface area is 209 Å². The molecule has 0 spiro atoms. The summed E-state index contributed by atoms with van der Waals surface area (Å²) in [5, 5.41) is 0.890. The van der Waals surface area contributed by atoms with Crippen LogP contribution in [0.25, 0.3) is 11.3 Å². The van der Waals surface area contributed by atoms with Crippen LogP contribution in [0, 0.1) is 6.92 Å². The van der Waals surface area contributed by atoms with Gasteiger partial charge in [-0.25, -0.2) is 15.0 Å². The molecule has 0 radical (unpaired) electrons. The zero-order valence-electron chi connectivity index (χ0n) is 18.8. The third-order valence-corrected chi connectivity index (χ3v) is 6.40. The van der Waals surface area contributed by atoms with Crippen molar-refractivity contribution in [3.63, 3.8) is 0 Å². The molecule has 1 aromatic carbocycles. The first-order valence-electron chi connectivity index (χ1n) is 10.7. The smallest absolute Gasteiger partial charge is 0.264 e. The molecule has 4 rings (SSSR count). The van der Waals surface area contributed by atoms with Crippen LogP contribution >= 0.6 is 23.2 Å². The van der Waals surface area contributed by atoms with Crippen LogP contribution in [0.1, 0.15) is 30.4 Å².